The number of halogens is 3. The maximum atomic E-state index is 13.8. The molecule has 0 radical (unpaired) electrons. The van der Waals surface area contributed by atoms with Gasteiger partial charge >= 0.3 is 6.18 Å². The van der Waals surface area contributed by atoms with Gasteiger partial charge in [0.05, 0.1) is 18.4 Å². The Labute approximate surface area is 193 Å². The van der Waals surface area contributed by atoms with Crippen LogP contribution in [0.5, 0.6) is 0 Å². The Morgan fingerprint density at radius 3 is 2.70 bits per heavy atom. The van der Waals surface area contributed by atoms with Crippen LogP contribution in [-0.4, -0.2) is 42.6 Å². The molecule has 1 aliphatic carbocycles. The third kappa shape index (κ3) is 5.29. The molecule has 1 saturated heterocycles. The van der Waals surface area contributed by atoms with E-state index in [1.165, 1.54) is 0 Å². The number of carbonyl (C=O) groups excluding carboxylic acids is 1. The van der Waals surface area contributed by atoms with Crippen molar-refractivity contribution in [3.05, 3.63) is 34.3 Å². The standard InChI is InChI=1S/C24H34F3N3O3/c1-16(2)12-23(7-3-20(13-23)28-19-5-9-33-10-6-19)22(31)29-8-4-21-17(14-29)11-18(15-30(21)32)24(25,26)27/h11,15-16,19-20,28H,3-10,12-14H2,1-2H3/t20-,23-/m1/s1. The smallest absolute Gasteiger partial charge is 0.422 e. The molecule has 1 aromatic rings. The number of pyridine rings is 1. The molecule has 33 heavy (non-hydrogen) atoms. The number of nitrogens with one attached hydrogen (secondary N) is 1. The molecular formula is C24H34F3N3O3. The van der Waals surface area contributed by atoms with E-state index < -0.39 is 17.2 Å². The van der Waals surface area contributed by atoms with E-state index in [0.717, 1.165) is 57.8 Å². The highest BCUT2D eigenvalue weighted by Gasteiger charge is 2.48. The molecule has 0 bridgehead atoms. The van der Waals surface area contributed by atoms with Crippen LogP contribution >= 0.6 is 0 Å². The lowest BCUT2D eigenvalue weighted by molar-refractivity contribution is -0.616. The summed E-state index contributed by atoms with van der Waals surface area (Å²) in [6, 6.07) is 1.69. The number of rotatable bonds is 5. The molecular weight excluding hydrogens is 435 g/mol. The van der Waals surface area contributed by atoms with Gasteiger partial charge in [0.2, 0.25) is 5.91 Å². The molecule has 3 heterocycles. The van der Waals surface area contributed by atoms with Crippen molar-refractivity contribution < 1.29 is 27.4 Å². The number of nitrogens with zero attached hydrogens (tertiary/aromatic N) is 2. The first-order valence-corrected chi connectivity index (χ1v) is 12.0. The van der Waals surface area contributed by atoms with Crippen molar-refractivity contribution in [2.45, 2.75) is 83.6 Å². The van der Waals surface area contributed by atoms with Crippen LogP contribution in [0, 0.1) is 16.5 Å². The van der Waals surface area contributed by atoms with Crippen molar-refractivity contribution in [1.29, 1.82) is 0 Å². The van der Waals surface area contributed by atoms with Crippen molar-refractivity contribution in [3.63, 3.8) is 0 Å². The Morgan fingerprint density at radius 2 is 2.03 bits per heavy atom. The van der Waals surface area contributed by atoms with Gasteiger partial charge in [0, 0.05) is 37.4 Å². The summed E-state index contributed by atoms with van der Waals surface area (Å²) in [7, 11) is 0. The third-order valence-corrected chi connectivity index (χ3v) is 7.37. The zero-order chi connectivity index (χ0) is 23.8. The number of hydrogen-bond donors (Lipinski definition) is 1. The molecule has 4 rings (SSSR count). The number of carbonyl (C=O) groups is 1. The lowest BCUT2D eigenvalue weighted by Gasteiger charge is -2.38. The SMILES string of the molecule is CC(C)C[C@]1(C(=O)N2CCc3c(cc(C(F)(F)F)c[n+]3[O-])C2)CC[C@@H](NC2CCOCC2)C1. The molecule has 184 valence electrons. The Kier molecular flexibility index (Phi) is 6.92. The number of amides is 1. The summed E-state index contributed by atoms with van der Waals surface area (Å²) >= 11 is 0. The fraction of sp³-hybridized carbons (Fsp3) is 0.750. The van der Waals surface area contributed by atoms with E-state index in [9.17, 15) is 23.2 Å². The van der Waals surface area contributed by atoms with Crippen LogP contribution in [0.3, 0.4) is 0 Å². The van der Waals surface area contributed by atoms with Gasteiger partial charge in [0.1, 0.15) is 5.56 Å². The maximum Gasteiger partial charge on any atom is 0.422 e. The van der Waals surface area contributed by atoms with Gasteiger partial charge in [-0.25, -0.2) is 0 Å². The van der Waals surface area contributed by atoms with E-state index in [1.54, 1.807) is 4.90 Å². The first kappa shape index (κ1) is 24.3. The summed E-state index contributed by atoms with van der Waals surface area (Å²) in [5.41, 5.74) is -0.850. The third-order valence-electron chi connectivity index (χ3n) is 7.37. The van der Waals surface area contributed by atoms with Crippen molar-refractivity contribution in [3.8, 4) is 0 Å². The Hall–Kier alpha value is -1.87. The number of ether oxygens (including phenoxy) is 1. The van der Waals surface area contributed by atoms with E-state index in [-0.39, 0.29) is 24.9 Å². The number of hydrogen-bond acceptors (Lipinski definition) is 4. The van der Waals surface area contributed by atoms with Gasteiger partial charge in [-0.15, -0.1) is 0 Å². The number of aromatic nitrogens is 1. The minimum atomic E-state index is -4.60. The predicted molar refractivity (Wildman–Crippen MR) is 116 cm³/mol. The molecule has 0 unspecified atom stereocenters. The topological polar surface area (TPSA) is 68.5 Å². The fourth-order valence-electron chi connectivity index (χ4n) is 5.97. The van der Waals surface area contributed by atoms with E-state index in [2.05, 4.69) is 19.2 Å². The van der Waals surface area contributed by atoms with Gasteiger partial charge in [-0.3, -0.25) is 4.79 Å². The fourth-order valence-corrected chi connectivity index (χ4v) is 5.97. The van der Waals surface area contributed by atoms with Crippen LogP contribution in [0.15, 0.2) is 12.3 Å². The summed E-state index contributed by atoms with van der Waals surface area (Å²) in [6.45, 7) is 6.14. The number of alkyl halides is 3. The van der Waals surface area contributed by atoms with E-state index in [0.29, 0.717) is 40.7 Å². The number of fused-ring (bicyclic) bond motifs is 1. The molecule has 0 aromatic carbocycles. The van der Waals surface area contributed by atoms with E-state index in [4.69, 9.17) is 4.74 Å². The van der Waals surface area contributed by atoms with E-state index >= 15 is 0 Å². The average molecular weight is 470 g/mol. The summed E-state index contributed by atoms with van der Waals surface area (Å²) < 4.78 is 45.5. The van der Waals surface area contributed by atoms with Gasteiger partial charge in [-0.1, -0.05) is 13.8 Å². The molecule has 1 N–H and O–H groups in total. The largest absolute Gasteiger partial charge is 0.618 e. The van der Waals surface area contributed by atoms with Crippen LogP contribution < -0.4 is 10.0 Å². The molecule has 9 heteroatoms. The monoisotopic (exact) mass is 469 g/mol. The van der Waals surface area contributed by atoms with Crippen LogP contribution in [0.25, 0.3) is 0 Å². The quantitative estimate of drug-likeness (QED) is 0.529. The van der Waals surface area contributed by atoms with Gasteiger partial charge in [-0.05, 0) is 50.5 Å². The summed E-state index contributed by atoms with van der Waals surface area (Å²) in [5, 5.41) is 15.9. The van der Waals surface area contributed by atoms with Crippen LogP contribution in [0.4, 0.5) is 13.2 Å². The molecule has 1 aromatic heterocycles. The van der Waals surface area contributed by atoms with Crippen molar-refractivity contribution in [2.24, 2.45) is 11.3 Å². The molecule has 1 amide bonds. The second kappa shape index (κ2) is 9.41. The normalized spacial score (nSPS) is 26.6. The van der Waals surface area contributed by atoms with E-state index in [1.807, 2.05) is 0 Å². The lowest BCUT2D eigenvalue weighted by Crippen LogP contribution is -2.49. The second-order valence-electron chi connectivity index (χ2n) is 10.4. The second-order valence-corrected chi connectivity index (χ2v) is 10.4. The molecule has 2 atom stereocenters. The summed E-state index contributed by atoms with van der Waals surface area (Å²) in [5.74, 6) is 0.349. The molecule has 1 saturated carbocycles. The van der Waals surface area contributed by atoms with Crippen molar-refractivity contribution in [2.75, 3.05) is 19.8 Å². The minimum absolute atomic E-state index is 0.0213. The maximum absolute atomic E-state index is 13.8. The van der Waals surface area contributed by atoms with Gasteiger partial charge < -0.3 is 20.2 Å². The van der Waals surface area contributed by atoms with Crippen LogP contribution in [-0.2, 0) is 28.7 Å². The van der Waals surface area contributed by atoms with Crippen molar-refractivity contribution in [1.82, 2.24) is 10.2 Å². The minimum Gasteiger partial charge on any atom is -0.618 e. The highest BCUT2D eigenvalue weighted by atomic mass is 19.4. The summed E-state index contributed by atoms with van der Waals surface area (Å²) in [4.78, 5) is 15.5. The van der Waals surface area contributed by atoms with Crippen LogP contribution in [0.1, 0.15) is 69.2 Å². The Morgan fingerprint density at radius 1 is 1.30 bits per heavy atom. The summed E-state index contributed by atoms with van der Waals surface area (Å²) in [6.07, 6.45) is 1.41. The van der Waals surface area contributed by atoms with Gasteiger partial charge in [-0.2, -0.15) is 17.9 Å². The zero-order valence-corrected chi connectivity index (χ0v) is 19.4. The van der Waals surface area contributed by atoms with Crippen LogP contribution in [0.2, 0.25) is 0 Å². The first-order chi connectivity index (χ1) is 15.6. The molecule has 2 fully saturated rings. The first-order valence-electron chi connectivity index (χ1n) is 12.0. The zero-order valence-electron chi connectivity index (χ0n) is 19.4. The Balaban J connectivity index is 1.51. The lowest BCUT2D eigenvalue weighted by atomic mass is 9.76. The van der Waals surface area contributed by atoms with Crippen molar-refractivity contribution >= 4 is 5.91 Å². The molecule has 0 spiro atoms. The molecule has 3 aliphatic rings. The van der Waals surface area contributed by atoms with Gasteiger partial charge in [0.25, 0.3) is 0 Å². The highest BCUT2D eigenvalue weighted by molar-refractivity contribution is 5.83. The Bertz CT molecular complexity index is 870. The average Bonchev–Trinajstić information content (AvgIpc) is 3.15. The molecule has 6 nitrogen and oxygen atoms in total. The highest BCUT2D eigenvalue weighted by Crippen LogP contribution is 2.46. The molecule has 2 aliphatic heterocycles. The van der Waals surface area contributed by atoms with Gasteiger partial charge in [0.15, 0.2) is 11.9 Å². The predicted octanol–water partition coefficient (Wildman–Crippen LogP) is 3.58.